The molecular formula is C21H38O3Si2. The van der Waals surface area contributed by atoms with E-state index < -0.39 is 22.7 Å². The second-order valence-electron chi connectivity index (χ2n) is 10.2. The van der Waals surface area contributed by atoms with E-state index in [0.717, 1.165) is 11.8 Å². The summed E-state index contributed by atoms with van der Waals surface area (Å²) in [6, 6.07) is 10.0. The highest BCUT2D eigenvalue weighted by molar-refractivity contribution is 6.74. The van der Waals surface area contributed by atoms with Gasteiger partial charge in [-0.15, -0.1) is 0 Å². The molecule has 1 rings (SSSR count). The minimum absolute atomic E-state index is 0.0342. The zero-order valence-electron chi connectivity index (χ0n) is 18.3. The van der Waals surface area contributed by atoms with Crippen molar-refractivity contribution in [1.82, 2.24) is 0 Å². The molecule has 5 heteroatoms. The van der Waals surface area contributed by atoms with E-state index in [1.165, 1.54) is 0 Å². The average molecular weight is 395 g/mol. The fourth-order valence-corrected chi connectivity index (χ4v) is 4.61. The largest absolute Gasteiger partial charge is 0.407 e. The summed E-state index contributed by atoms with van der Waals surface area (Å²) in [5.41, 5.74) is 1.01. The smallest absolute Gasteiger partial charge is 0.193 e. The van der Waals surface area contributed by atoms with Gasteiger partial charge in [0.15, 0.2) is 22.9 Å². The Morgan fingerprint density at radius 1 is 0.808 bits per heavy atom. The SMILES string of the molecule is CC(C)(C)[Si](C)(C)O[C@@H](C=O)[C@H](O[Si](C)(C)C(C)(C)C)c1ccccc1. The predicted molar refractivity (Wildman–Crippen MR) is 116 cm³/mol. The van der Waals surface area contributed by atoms with Crippen molar-refractivity contribution >= 4 is 22.9 Å². The molecule has 0 N–H and O–H groups in total. The Bertz CT molecular complexity index is 584. The highest BCUT2D eigenvalue weighted by atomic mass is 28.4. The second kappa shape index (κ2) is 8.09. The van der Waals surface area contributed by atoms with Gasteiger partial charge in [-0.3, -0.25) is 0 Å². The number of aldehydes is 1. The van der Waals surface area contributed by atoms with Crippen LogP contribution in [-0.4, -0.2) is 29.0 Å². The lowest BCUT2D eigenvalue weighted by Crippen LogP contribution is -2.49. The van der Waals surface area contributed by atoms with Crippen LogP contribution in [0.4, 0.5) is 0 Å². The Labute approximate surface area is 162 Å². The van der Waals surface area contributed by atoms with Gasteiger partial charge in [0.05, 0.1) is 0 Å². The summed E-state index contributed by atoms with van der Waals surface area (Å²) in [6.07, 6.45) is -0.0261. The first-order valence-corrected chi connectivity index (χ1v) is 15.3. The molecule has 0 aliphatic rings. The van der Waals surface area contributed by atoms with Crippen LogP contribution in [0, 0.1) is 0 Å². The number of hydrogen-bond donors (Lipinski definition) is 0. The number of hydrogen-bond acceptors (Lipinski definition) is 3. The fraction of sp³-hybridized carbons (Fsp3) is 0.667. The van der Waals surface area contributed by atoms with Crippen LogP contribution in [-0.2, 0) is 13.6 Å². The summed E-state index contributed by atoms with van der Waals surface area (Å²) in [6.45, 7) is 22.0. The molecule has 0 unspecified atom stereocenters. The van der Waals surface area contributed by atoms with Gasteiger partial charge in [-0.25, -0.2) is 0 Å². The lowest BCUT2D eigenvalue weighted by atomic mass is 10.1. The number of rotatable bonds is 7. The molecule has 3 nitrogen and oxygen atoms in total. The number of carbonyl (C=O) groups excluding carboxylic acids is 1. The van der Waals surface area contributed by atoms with Crippen molar-refractivity contribution in [3.8, 4) is 0 Å². The monoisotopic (exact) mass is 394 g/mol. The maximum atomic E-state index is 12.1. The first-order valence-electron chi connectivity index (χ1n) is 9.48. The van der Waals surface area contributed by atoms with Crippen LogP contribution in [0.25, 0.3) is 0 Å². The van der Waals surface area contributed by atoms with Crippen LogP contribution in [0.1, 0.15) is 53.2 Å². The molecule has 0 radical (unpaired) electrons. The van der Waals surface area contributed by atoms with Crippen molar-refractivity contribution in [3.63, 3.8) is 0 Å². The number of carbonyl (C=O) groups is 1. The standard InChI is InChI=1S/C21H38O3Si2/c1-20(2,3)25(7,8)23-18(16-22)19(17-14-12-11-13-15-17)24-26(9,10)21(4,5)6/h11-16,18-19H,1-10H3/t18-,19+/m0/s1. The molecule has 0 aliphatic carbocycles. The molecule has 0 amide bonds. The van der Waals surface area contributed by atoms with Gasteiger partial charge in [0.1, 0.15) is 12.2 Å². The molecule has 0 fully saturated rings. The van der Waals surface area contributed by atoms with E-state index in [0.29, 0.717) is 0 Å². The van der Waals surface area contributed by atoms with Crippen molar-refractivity contribution in [1.29, 1.82) is 0 Å². The van der Waals surface area contributed by atoms with Crippen molar-refractivity contribution in [2.24, 2.45) is 0 Å². The molecule has 0 aliphatic heterocycles. The molecule has 1 aromatic carbocycles. The molecule has 26 heavy (non-hydrogen) atoms. The molecule has 0 saturated carbocycles. The van der Waals surface area contributed by atoms with Crippen molar-refractivity contribution in [2.75, 3.05) is 0 Å². The van der Waals surface area contributed by atoms with Crippen LogP contribution in [0.15, 0.2) is 30.3 Å². The maximum Gasteiger partial charge on any atom is 0.193 e. The molecule has 1 aromatic rings. The summed E-state index contributed by atoms with van der Waals surface area (Å²) in [4.78, 5) is 12.1. The van der Waals surface area contributed by atoms with Crippen molar-refractivity contribution in [3.05, 3.63) is 35.9 Å². The molecular weight excluding hydrogens is 356 g/mol. The summed E-state index contributed by atoms with van der Waals surface area (Å²) in [5, 5.41) is 0.0942. The Balaban J connectivity index is 3.29. The highest BCUT2D eigenvalue weighted by Crippen LogP contribution is 2.43. The quantitative estimate of drug-likeness (QED) is 0.400. The van der Waals surface area contributed by atoms with Gasteiger partial charge in [-0.05, 0) is 41.8 Å². The normalized spacial score (nSPS) is 16.2. The predicted octanol–water partition coefficient (Wildman–Crippen LogP) is 6.34. The zero-order valence-corrected chi connectivity index (χ0v) is 20.3. The molecule has 0 bridgehead atoms. The van der Waals surface area contributed by atoms with E-state index >= 15 is 0 Å². The molecule has 0 saturated heterocycles. The summed E-state index contributed by atoms with van der Waals surface area (Å²) in [5.74, 6) is 0. The molecule has 148 valence electrons. The summed E-state index contributed by atoms with van der Waals surface area (Å²) in [7, 11) is -4.18. The van der Waals surface area contributed by atoms with Gasteiger partial charge in [0.2, 0.25) is 0 Å². The van der Waals surface area contributed by atoms with Gasteiger partial charge < -0.3 is 13.6 Å². The van der Waals surface area contributed by atoms with Crippen molar-refractivity contribution in [2.45, 2.75) is 90.0 Å². The van der Waals surface area contributed by atoms with E-state index in [2.05, 4.69) is 67.7 Å². The van der Waals surface area contributed by atoms with Gasteiger partial charge in [0, 0.05) is 0 Å². The van der Waals surface area contributed by atoms with E-state index in [-0.39, 0.29) is 16.2 Å². The Morgan fingerprint density at radius 2 is 1.23 bits per heavy atom. The Morgan fingerprint density at radius 3 is 1.62 bits per heavy atom. The van der Waals surface area contributed by atoms with Crippen LogP contribution in [0.2, 0.25) is 36.3 Å². The first kappa shape index (κ1) is 23.3. The lowest BCUT2D eigenvalue weighted by Gasteiger charge is -2.43. The maximum absolute atomic E-state index is 12.1. The average Bonchev–Trinajstić information content (AvgIpc) is 2.49. The van der Waals surface area contributed by atoms with Crippen LogP contribution in [0.5, 0.6) is 0 Å². The van der Waals surface area contributed by atoms with Gasteiger partial charge in [-0.2, -0.15) is 0 Å². The van der Waals surface area contributed by atoms with E-state index in [1.807, 2.05) is 30.3 Å². The first-order chi connectivity index (χ1) is 11.6. The van der Waals surface area contributed by atoms with Crippen LogP contribution >= 0.6 is 0 Å². The van der Waals surface area contributed by atoms with Crippen molar-refractivity contribution < 1.29 is 13.6 Å². The van der Waals surface area contributed by atoms with Gasteiger partial charge in [0.25, 0.3) is 0 Å². The molecule has 2 atom stereocenters. The van der Waals surface area contributed by atoms with E-state index in [1.54, 1.807) is 0 Å². The van der Waals surface area contributed by atoms with Gasteiger partial charge >= 0.3 is 0 Å². The third-order valence-electron chi connectivity index (χ3n) is 6.03. The highest BCUT2D eigenvalue weighted by Gasteiger charge is 2.45. The molecule has 0 spiro atoms. The van der Waals surface area contributed by atoms with Crippen LogP contribution < -0.4 is 0 Å². The fourth-order valence-electron chi connectivity index (χ4n) is 2.14. The van der Waals surface area contributed by atoms with E-state index in [4.69, 9.17) is 8.85 Å². The van der Waals surface area contributed by atoms with Crippen LogP contribution in [0.3, 0.4) is 0 Å². The lowest BCUT2D eigenvalue weighted by molar-refractivity contribution is -0.118. The zero-order chi connectivity index (χ0) is 20.4. The Hall–Kier alpha value is -0.756. The number of benzene rings is 1. The summed E-state index contributed by atoms with van der Waals surface area (Å²) >= 11 is 0. The summed E-state index contributed by atoms with van der Waals surface area (Å²) < 4.78 is 13.2. The second-order valence-corrected chi connectivity index (χ2v) is 19.7. The van der Waals surface area contributed by atoms with Gasteiger partial charge in [-0.1, -0.05) is 71.9 Å². The minimum Gasteiger partial charge on any atom is -0.407 e. The molecule has 0 aromatic heterocycles. The molecule has 0 heterocycles. The van der Waals surface area contributed by atoms with E-state index in [9.17, 15) is 4.79 Å². The Kier molecular flexibility index (Phi) is 7.24. The third-order valence-corrected chi connectivity index (χ3v) is 15.0. The topological polar surface area (TPSA) is 35.5 Å². The third kappa shape index (κ3) is 5.62. The minimum atomic E-state index is -2.10.